The highest BCUT2D eigenvalue weighted by Gasteiger charge is 2.46. The zero-order valence-electron chi connectivity index (χ0n) is 53.7. The lowest BCUT2D eigenvalue weighted by Crippen LogP contribution is -2.53. The summed E-state index contributed by atoms with van der Waals surface area (Å²) in [5.74, 6) is -3.12. The molecule has 0 saturated heterocycles. The second kappa shape index (κ2) is 33.8. The normalized spacial score (nSPS) is 14.1. The highest BCUT2D eigenvalue weighted by atomic mass is 16.6. The van der Waals surface area contributed by atoms with Crippen LogP contribution in [0.5, 0.6) is 34.5 Å². The van der Waals surface area contributed by atoms with Crippen LogP contribution < -0.4 is 28.4 Å². The molecule has 494 valence electrons. The van der Waals surface area contributed by atoms with Crippen molar-refractivity contribution in [1.29, 1.82) is 0 Å². The van der Waals surface area contributed by atoms with Crippen molar-refractivity contribution < 1.29 is 71.6 Å². The number of aliphatic hydroxyl groups excluding tert-OH is 1. The Kier molecular flexibility index (Phi) is 22.9. The van der Waals surface area contributed by atoms with Gasteiger partial charge in [-0.05, 0) is 62.2 Å². The Balaban J connectivity index is 1.12. The van der Waals surface area contributed by atoms with Crippen molar-refractivity contribution in [3.8, 4) is 45.6 Å². The quantitative estimate of drug-likeness (QED) is 0.0346. The number of fused-ring (bicyclic) bond motifs is 3. The summed E-state index contributed by atoms with van der Waals surface area (Å²) in [6, 6.07) is 86.9. The highest BCUT2D eigenvalue weighted by molar-refractivity contribution is 6.09. The molecule has 3 unspecified atom stereocenters. The van der Waals surface area contributed by atoms with Gasteiger partial charge in [-0.1, -0.05) is 273 Å². The Morgan fingerprint density at radius 3 is 0.990 bits per heavy atom. The maximum absolute atomic E-state index is 16.8. The van der Waals surface area contributed by atoms with Crippen molar-refractivity contribution in [3.63, 3.8) is 0 Å². The van der Waals surface area contributed by atoms with Crippen molar-refractivity contribution in [1.82, 2.24) is 0 Å². The van der Waals surface area contributed by atoms with Crippen LogP contribution in [0.1, 0.15) is 70.8 Å². The number of hydrogen-bond donors (Lipinski definition) is 1. The summed E-state index contributed by atoms with van der Waals surface area (Å²) in [4.78, 5) is 48.0. The van der Waals surface area contributed by atoms with Crippen molar-refractivity contribution in [2.45, 2.75) is 83.9 Å². The van der Waals surface area contributed by atoms with E-state index in [1.807, 2.05) is 261 Å². The van der Waals surface area contributed by atoms with Crippen LogP contribution in [0.3, 0.4) is 0 Å². The van der Waals surface area contributed by atoms with Gasteiger partial charge in [0.15, 0.2) is 35.2 Å². The molecule has 0 fully saturated rings. The van der Waals surface area contributed by atoms with Crippen LogP contribution in [-0.2, 0) is 87.9 Å². The lowest BCUT2D eigenvalue weighted by Gasteiger charge is -2.34. The van der Waals surface area contributed by atoms with Gasteiger partial charge in [0.05, 0.1) is 24.3 Å². The number of carbonyl (C=O) groups excluding carboxylic acids is 3. The van der Waals surface area contributed by atoms with E-state index in [2.05, 4.69) is 0 Å². The minimum absolute atomic E-state index is 0.00547. The molecule has 1 aliphatic heterocycles. The molecule has 12 rings (SSSR count). The molecule has 11 aromatic rings. The molecule has 0 amide bonds. The second-order valence-electron chi connectivity index (χ2n) is 23.2. The van der Waals surface area contributed by atoms with Gasteiger partial charge in [0.25, 0.3) is 0 Å². The van der Waals surface area contributed by atoms with E-state index in [4.69, 9.17) is 52.1 Å². The number of ether oxygens (including phenoxy) is 11. The van der Waals surface area contributed by atoms with Gasteiger partial charge < -0.3 is 57.2 Å². The van der Waals surface area contributed by atoms with Crippen molar-refractivity contribution in [2.75, 3.05) is 6.61 Å². The molecule has 0 aromatic heterocycles. The average molecular weight is 1310 g/mol. The SMILES string of the molecule is O=C1OCC(O)[C@H](C(OCc2ccccc2)C(OCc2ccccc2)C(=O)OCc2ccccc2)OC(=O)c2cc(OCc3ccccc3)c(OCc3ccccc3)c(OCc3ccccc3)c2-c2c1cc(OCc1ccccc1)c(OCc1ccccc1)c2OCc1ccccc1. The second-order valence-corrected chi connectivity index (χ2v) is 23.2. The first-order valence-electron chi connectivity index (χ1n) is 32.3. The zero-order chi connectivity index (χ0) is 67.1. The molecule has 15 heteroatoms. The van der Waals surface area contributed by atoms with Gasteiger partial charge in [-0.3, -0.25) is 0 Å². The first-order chi connectivity index (χ1) is 48.3. The third kappa shape index (κ3) is 17.7. The van der Waals surface area contributed by atoms with Gasteiger partial charge in [-0.2, -0.15) is 0 Å². The Morgan fingerprint density at radius 1 is 0.357 bits per heavy atom. The largest absolute Gasteiger partial charge is 0.485 e. The molecule has 15 nitrogen and oxygen atoms in total. The molecule has 98 heavy (non-hydrogen) atoms. The predicted octanol–water partition coefficient (Wildman–Crippen LogP) is 15.8. The standard InChI is InChI=1S/C83H72O15/c84-69-57-97-81(85)67-46-70(88-48-58-28-10-1-11-29-58)75(90-50-60-32-14-3-15-33-60)77(92-52-62-36-18-5-19-37-62)72(67)73-68(47-71(89-49-59-30-12-2-13-31-59)76(91-51-61-34-16-4-17-35-61)78(73)93-53-63-38-20-6-21-39-63)82(86)98-74(69)79(94-54-64-40-22-7-23-41-64)80(95-55-65-42-24-8-25-43-65)83(87)96-56-66-44-26-9-27-45-66/h1-47,69,74,79-80,84H,48-57H2/t69?,74-,79?,80?/m1/s1. The number of carbonyl (C=O) groups is 3. The Morgan fingerprint density at radius 2 is 0.643 bits per heavy atom. The molecule has 0 aliphatic carbocycles. The van der Waals surface area contributed by atoms with Gasteiger partial charge >= 0.3 is 17.9 Å². The van der Waals surface area contributed by atoms with Crippen LogP contribution in [0.4, 0.5) is 0 Å². The predicted molar refractivity (Wildman–Crippen MR) is 368 cm³/mol. The van der Waals surface area contributed by atoms with E-state index >= 15 is 14.4 Å². The van der Waals surface area contributed by atoms with Crippen molar-refractivity contribution >= 4 is 17.9 Å². The van der Waals surface area contributed by atoms with Gasteiger partial charge in [-0.15, -0.1) is 0 Å². The maximum atomic E-state index is 16.8. The van der Waals surface area contributed by atoms with E-state index in [-0.39, 0.29) is 116 Å². The van der Waals surface area contributed by atoms with Gasteiger partial charge in [0, 0.05) is 11.1 Å². The molecule has 0 radical (unpaired) electrons. The average Bonchev–Trinajstić information content (AvgIpc) is 0.921. The fourth-order valence-corrected chi connectivity index (χ4v) is 11.1. The fraction of sp³-hybridized carbons (Fsp3) is 0.169. The molecule has 0 spiro atoms. The fourth-order valence-electron chi connectivity index (χ4n) is 11.1. The summed E-state index contributed by atoms with van der Waals surface area (Å²) in [6.07, 6.45) is -7.30. The molecular weight excluding hydrogens is 1240 g/mol. The summed E-state index contributed by atoms with van der Waals surface area (Å²) in [5, 5.41) is 13.0. The van der Waals surface area contributed by atoms with Crippen molar-refractivity contribution in [2.24, 2.45) is 0 Å². The molecule has 1 N–H and O–H groups in total. The van der Waals surface area contributed by atoms with E-state index in [0.29, 0.717) is 22.3 Å². The highest BCUT2D eigenvalue weighted by Crippen LogP contribution is 2.56. The van der Waals surface area contributed by atoms with Gasteiger partial charge in [-0.25, -0.2) is 14.4 Å². The minimum Gasteiger partial charge on any atom is -0.485 e. The molecule has 1 aliphatic rings. The Labute approximate surface area is 569 Å². The van der Waals surface area contributed by atoms with E-state index in [1.54, 1.807) is 12.1 Å². The Hall–Kier alpha value is -11.5. The topological polar surface area (TPSA) is 173 Å². The van der Waals surface area contributed by atoms with Crippen LogP contribution in [0.15, 0.2) is 285 Å². The van der Waals surface area contributed by atoms with E-state index < -0.39 is 48.9 Å². The molecule has 11 aromatic carbocycles. The number of benzene rings is 11. The molecule has 1 heterocycles. The number of rotatable bonds is 29. The molecule has 0 saturated carbocycles. The first-order valence-corrected chi connectivity index (χ1v) is 32.3. The molecule has 4 atom stereocenters. The summed E-state index contributed by atoms with van der Waals surface area (Å²) in [7, 11) is 0. The zero-order valence-corrected chi connectivity index (χ0v) is 53.7. The number of hydrogen-bond acceptors (Lipinski definition) is 15. The molecule has 0 bridgehead atoms. The van der Waals surface area contributed by atoms with Crippen LogP contribution in [0, 0.1) is 0 Å². The lowest BCUT2D eigenvalue weighted by atomic mass is 9.91. The summed E-state index contributed by atoms with van der Waals surface area (Å²) in [5.41, 5.74) is 5.85. The number of cyclic esters (lactones) is 2. The van der Waals surface area contributed by atoms with Crippen LogP contribution >= 0.6 is 0 Å². The third-order valence-corrected chi connectivity index (χ3v) is 16.1. The summed E-state index contributed by atoms with van der Waals surface area (Å²) >= 11 is 0. The Bertz CT molecular complexity index is 4320. The smallest absolute Gasteiger partial charge is 0.339 e. The monoisotopic (exact) mass is 1310 g/mol. The van der Waals surface area contributed by atoms with E-state index in [1.165, 1.54) is 12.1 Å². The van der Waals surface area contributed by atoms with Gasteiger partial charge in [0.1, 0.15) is 65.1 Å². The number of aliphatic hydroxyl groups is 1. The number of esters is 3. The minimum atomic E-state index is -1.95. The van der Waals surface area contributed by atoms with Crippen LogP contribution in [0.25, 0.3) is 11.1 Å². The lowest BCUT2D eigenvalue weighted by molar-refractivity contribution is -0.192. The van der Waals surface area contributed by atoms with E-state index in [9.17, 15) is 5.11 Å². The van der Waals surface area contributed by atoms with Crippen molar-refractivity contribution in [3.05, 3.63) is 346 Å². The third-order valence-electron chi connectivity index (χ3n) is 16.1. The maximum Gasteiger partial charge on any atom is 0.339 e. The summed E-state index contributed by atoms with van der Waals surface area (Å²) < 4.78 is 74.8. The van der Waals surface area contributed by atoms with Gasteiger partial charge in [0.2, 0.25) is 11.5 Å². The van der Waals surface area contributed by atoms with E-state index in [0.717, 1.165) is 27.8 Å². The molecular formula is C83H72O15. The first kappa shape index (κ1) is 66.5. The van der Waals surface area contributed by atoms with Crippen LogP contribution in [-0.4, -0.2) is 54.0 Å². The van der Waals surface area contributed by atoms with Crippen LogP contribution in [0.2, 0.25) is 0 Å². The summed E-state index contributed by atoms with van der Waals surface area (Å²) in [6.45, 7) is -1.75.